The fourth-order valence-corrected chi connectivity index (χ4v) is 3.14. The van der Waals surface area contributed by atoms with Crippen molar-refractivity contribution >= 4 is 33.1 Å². The fourth-order valence-electron chi connectivity index (χ4n) is 1.96. The molecule has 2 rings (SSSR count). The van der Waals surface area contributed by atoms with Gasteiger partial charge in [-0.2, -0.15) is 0 Å². The molecule has 0 aliphatic rings. The largest absolute Gasteiger partial charge is 0.382 e. The van der Waals surface area contributed by atoms with Gasteiger partial charge >= 0.3 is 0 Å². The first-order valence-electron chi connectivity index (χ1n) is 6.31. The molecule has 1 aromatic carbocycles. The van der Waals surface area contributed by atoms with E-state index in [0.717, 1.165) is 6.26 Å². The Kier molecular flexibility index (Phi) is 4.15. The molecular weight excluding hydrogens is 312 g/mol. The molecule has 114 valence electrons. The van der Waals surface area contributed by atoms with Gasteiger partial charge in [0.05, 0.1) is 5.69 Å². The summed E-state index contributed by atoms with van der Waals surface area (Å²) < 4.78 is 25.4. The fraction of sp³-hybridized carbons (Fsp3) is 0.308. The molecular formula is C13H17ClN4O2S. The van der Waals surface area contributed by atoms with Crippen molar-refractivity contribution in [3.63, 3.8) is 0 Å². The van der Waals surface area contributed by atoms with Crippen LogP contribution in [0.4, 0.5) is 11.6 Å². The molecule has 0 saturated heterocycles. The highest BCUT2D eigenvalue weighted by atomic mass is 35.5. The second-order valence-corrected chi connectivity index (χ2v) is 7.11. The molecule has 0 fully saturated rings. The van der Waals surface area contributed by atoms with E-state index in [0.29, 0.717) is 23.1 Å². The Hall–Kier alpha value is -1.73. The van der Waals surface area contributed by atoms with Gasteiger partial charge in [0.2, 0.25) is 0 Å². The predicted molar refractivity (Wildman–Crippen MR) is 85.0 cm³/mol. The second kappa shape index (κ2) is 5.57. The lowest BCUT2D eigenvalue weighted by atomic mass is 10.3. The van der Waals surface area contributed by atoms with Crippen LogP contribution in [0.1, 0.15) is 6.92 Å². The van der Waals surface area contributed by atoms with Gasteiger partial charge in [0.1, 0.15) is 5.82 Å². The van der Waals surface area contributed by atoms with Crippen molar-refractivity contribution < 1.29 is 8.42 Å². The maximum atomic E-state index is 12.0. The number of halogens is 1. The molecule has 0 amide bonds. The standard InChI is InChI=1S/C13H17ClN4O2S/c1-4-17(2)13-11(21(3,19)20)12(15)18(16-13)10-7-5-6-9(14)8-10/h5-8H,4,15H2,1-3H3. The van der Waals surface area contributed by atoms with Gasteiger partial charge in [0.25, 0.3) is 0 Å². The molecule has 0 atom stereocenters. The van der Waals surface area contributed by atoms with Gasteiger partial charge in [-0.15, -0.1) is 5.10 Å². The van der Waals surface area contributed by atoms with Gasteiger partial charge in [-0.05, 0) is 25.1 Å². The first kappa shape index (κ1) is 15.7. The van der Waals surface area contributed by atoms with E-state index in [1.807, 2.05) is 6.92 Å². The maximum Gasteiger partial charge on any atom is 0.182 e. The predicted octanol–water partition coefficient (Wildman–Crippen LogP) is 1.97. The minimum absolute atomic E-state index is 0.0341. The summed E-state index contributed by atoms with van der Waals surface area (Å²) in [6, 6.07) is 6.91. The Bertz CT molecular complexity index is 770. The molecule has 0 aliphatic carbocycles. The van der Waals surface area contributed by atoms with Crippen LogP contribution in [-0.4, -0.2) is 38.0 Å². The summed E-state index contributed by atoms with van der Waals surface area (Å²) in [6.45, 7) is 2.51. The highest BCUT2D eigenvalue weighted by molar-refractivity contribution is 7.91. The topological polar surface area (TPSA) is 81.2 Å². The summed E-state index contributed by atoms with van der Waals surface area (Å²) in [6.07, 6.45) is 1.12. The highest BCUT2D eigenvalue weighted by Gasteiger charge is 2.26. The lowest BCUT2D eigenvalue weighted by Crippen LogP contribution is -2.19. The molecule has 0 unspecified atom stereocenters. The van der Waals surface area contributed by atoms with E-state index >= 15 is 0 Å². The zero-order chi connectivity index (χ0) is 15.8. The van der Waals surface area contributed by atoms with Crippen LogP contribution in [0.15, 0.2) is 29.2 Å². The number of sulfone groups is 1. The van der Waals surface area contributed by atoms with Gasteiger partial charge in [0, 0.05) is 24.9 Å². The SMILES string of the molecule is CCN(C)c1nn(-c2cccc(Cl)c2)c(N)c1S(C)(=O)=O. The summed E-state index contributed by atoms with van der Waals surface area (Å²) in [5, 5.41) is 4.86. The molecule has 8 heteroatoms. The number of hydrogen-bond acceptors (Lipinski definition) is 5. The zero-order valence-electron chi connectivity index (χ0n) is 12.0. The van der Waals surface area contributed by atoms with Gasteiger partial charge in [-0.1, -0.05) is 17.7 Å². The third-order valence-electron chi connectivity index (χ3n) is 3.12. The van der Waals surface area contributed by atoms with Crippen LogP contribution in [0.3, 0.4) is 0 Å². The van der Waals surface area contributed by atoms with Gasteiger partial charge in [-0.25, -0.2) is 13.1 Å². The molecule has 0 saturated carbocycles. The van der Waals surface area contributed by atoms with Crippen molar-refractivity contribution in [1.82, 2.24) is 9.78 Å². The van der Waals surface area contributed by atoms with E-state index in [1.54, 1.807) is 36.2 Å². The van der Waals surface area contributed by atoms with Crippen LogP contribution >= 0.6 is 11.6 Å². The summed E-state index contributed by atoms with van der Waals surface area (Å²) in [5.41, 5.74) is 6.63. The van der Waals surface area contributed by atoms with E-state index in [2.05, 4.69) is 5.10 Å². The Balaban J connectivity index is 2.73. The first-order valence-corrected chi connectivity index (χ1v) is 8.58. The van der Waals surface area contributed by atoms with E-state index in [4.69, 9.17) is 17.3 Å². The average Bonchev–Trinajstić information content (AvgIpc) is 2.75. The van der Waals surface area contributed by atoms with Gasteiger partial charge in [0.15, 0.2) is 20.6 Å². The molecule has 1 aromatic heterocycles. The molecule has 0 spiro atoms. The van der Waals surface area contributed by atoms with Crippen molar-refractivity contribution in [2.24, 2.45) is 0 Å². The van der Waals surface area contributed by atoms with Crippen molar-refractivity contribution in [3.8, 4) is 5.69 Å². The van der Waals surface area contributed by atoms with Crippen LogP contribution in [-0.2, 0) is 9.84 Å². The van der Waals surface area contributed by atoms with Crippen LogP contribution in [0, 0.1) is 0 Å². The Morgan fingerprint density at radius 2 is 2.10 bits per heavy atom. The van der Waals surface area contributed by atoms with Crippen LogP contribution in [0.2, 0.25) is 5.02 Å². The molecule has 2 N–H and O–H groups in total. The first-order chi connectivity index (χ1) is 9.75. The van der Waals surface area contributed by atoms with Crippen LogP contribution < -0.4 is 10.6 Å². The molecule has 0 aliphatic heterocycles. The summed E-state index contributed by atoms with van der Waals surface area (Å²) in [4.78, 5) is 1.76. The summed E-state index contributed by atoms with van der Waals surface area (Å²) in [7, 11) is -1.74. The third-order valence-corrected chi connectivity index (χ3v) is 4.49. The van der Waals surface area contributed by atoms with Crippen molar-refractivity contribution in [2.75, 3.05) is 30.5 Å². The number of nitrogen functional groups attached to an aromatic ring is 1. The number of hydrogen-bond donors (Lipinski definition) is 1. The van der Waals surface area contributed by atoms with Crippen molar-refractivity contribution in [1.29, 1.82) is 0 Å². The quantitative estimate of drug-likeness (QED) is 0.928. The third kappa shape index (κ3) is 2.98. The number of nitrogens with zero attached hydrogens (tertiary/aromatic N) is 3. The van der Waals surface area contributed by atoms with Gasteiger partial charge < -0.3 is 10.6 Å². The lowest BCUT2D eigenvalue weighted by Gasteiger charge is -2.14. The normalized spacial score (nSPS) is 11.6. The molecule has 2 aromatic rings. The number of benzene rings is 1. The average molecular weight is 329 g/mol. The van der Waals surface area contributed by atoms with Crippen LogP contribution in [0.5, 0.6) is 0 Å². The van der Waals surface area contributed by atoms with E-state index in [9.17, 15) is 8.42 Å². The number of rotatable bonds is 4. The number of aromatic nitrogens is 2. The minimum atomic E-state index is -3.50. The highest BCUT2D eigenvalue weighted by Crippen LogP contribution is 2.31. The Morgan fingerprint density at radius 1 is 1.43 bits per heavy atom. The Labute approximate surface area is 129 Å². The lowest BCUT2D eigenvalue weighted by molar-refractivity contribution is 0.602. The smallest absolute Gasteiger partial charge is 0.182 e. The molecule has 21 heavy (non-hydrogen) atoms. The zero-order valence-corrected chi connectivity index (χ0v) is 13.6. The van der Waals surface area contributed by atoms with Gasteiger partial charge in [-0.3, -0.25) is 0 Å². The van der Waals surface area contributed by atoms with E-state index < -0.39 is 9.84 Å². The van der Waals surface area contributed by atoms with Crippen molar-refractivity contribution in [3.05, 3.63) is 29.3 Å². The number of anilines is 2. The maximum absolute atomic E-state index is 12.0. The molecule has 6 nitrogen and oxygen atoms in total. The second-order valence-electron chi connectivity index (χ2n) is 4.72. The summed E-state index contributed by atoms with van der Waals surface area (Å²) in [5.74, 6) is 0.410. The molecule has 0 radical (unpaired) electrons. The van der Waals surface area contributed by atoms with E-state index in [1.165, 1.54) is 4.68 Å². The monoisotopic (exact) mass is 328 g/mol. The van der Waals surface area contributed by atoms with E-state index in [-0.39, 0.29) is 10.7 Å². The minimum Gasteiger partial charge on any atom is -0.382 e. The summed E-state index contributed by atoms with van der Waals surface area (Å²) >= 11 is 5.96. The van der Waals surface area contributed by atoms with Crippen LogP contribution in [0.25, 0.3) is 5.69 Å². The number of nitrogens with two attached hydrogens (primary N) is 1. The molecule has 1 heterocycles. The Morgan fingerprint density at radius 3 is 2.62 bits per heavy atom. The van der Waals surface area contributed by atoms with Crippen molar-refractivity contribution in [2.45, 2.75) is 11.8 Å². The molecule has 0 bridgehead atoms.